The molecule has 158 valence electrons. The molecule has 1 fully saturated rings. The Hall–Kier alpha value is -2.36. The van der Waals surface area contributed by atoms with Gasteiger partial charge in [0.1, 0.15) is 11.6 Å². The van der Waals surface area contributed by atoms with Crippen molar-refractivity contribution in [3.8, 4) is 0 Å². The molecule has 0 unspecified atom stereocenters. The van der Waals surface area contributed by atoms with E-state index in [-0.39, 0.29) is 17.9 Å². The zero-order valence-corrected chi connectivity index (χ0v) is 17.2. The number of rotatable bonds is 5. The summed E-state index contributed by atoms with van der Waals surface area (Å²) in [6, 6.07) is 5.09. The summed E-state index contributed by atoms with van der Waals surface area (Å²) < 4.78 is 56.9. The zero-order chi connectivity index (χ0) is 21.3. The summed E-state index contributed by atoms with van der Waals surface area (Å²) in [6.45, 7) is 2.03. The maximum atomic E-state index is 14.9. The molecule has 30 heavy (non-hydrogen) atoms. The first-order valence-electron chi connectivity index (χ1n) is 10.7. The van der Waals surface area contributed by atoms with Crippen molar-refractivity contribution < 1.29 is 17.6 Å². The van der Waals surface area contributed by atoms with Crippen molar-refractivity contribution in [2.45, 2.75) is 57.8 Å². The van der Waals surface area contributed by atoms with Gasteiger partial charge in [-0.25, -0.2) is 17.6 Å². The van der Waals surface area contributed by atoms with Crippen LogP contribution in [0.3, 0.4) is 0 Å². The first-order chi connectivity index (χ1) is 14.5. The molecular weight excluding hydrogens is 388 g/mol. The lowest BCUT2D eigenvalue weighted by Gasteiger charge is -2.29. The Morgan fingerprint density at radius 3 is 2.20 bits per heavy atom. The quantitative estimate of drug-likeness (QED) is 0.344. The van der Waals surface area contributed by atoms with Gasteiger partial charge in [0.2, 0.25) is 0 Å². The van der Waals surface area contributed by atoms with Gasteiger partial charge in [-0.2, -0.15) is 0 Å². The Morgan fingerprint density at radius 1 is 0.867 bits per heavy atom. The zero-order valence-electron chi connectivity index (χ0n) is 17.2. The van der Waals surface area contributed by atoms with Gasteiger partial charge in [-0.05, 0) is 110 Å². The van der Waals surface area contributed by atoms with E-state index in [2.05, 4.69) is 12.2 Å². The standard InChI is InChI=1S/C26H26F4/c1-2-3-4-5-16-6-8-17(9-7-16)20-14-24(29)26(25(30)15-20)21-10-18-12-22(27)23(28)13-19(18)11-21/h2-3,10,12-17H,4-9,11H2,1H3/b3-2+. The summed E-state index contributed by atoms with van der Waals surface area (Å²) >= 11 is 0. The van der Waals surface area contributed by atoms with Gasteiger partial charge in [-0.1, -0.05) is 18.2 Å². The maximum Gasteiger partial charge on any atom is 0.159 e. The van der Waals surface area contributed by atoms with Crippen LogP contribution < -0.4 is 0 Å². The van der Waals surface area contributed by atoms with E-state index in [0.717, 1.165) is 44.2 Å². The predicted molar refractivity (Wildman–Crippen MR) is 113 cm³/mol. The highest BCUT2D eigenvalue weighted by molar-refractivity contribution is 5.89. The highest BCUT2D eigenvalue weighted by atomic mass is 19.2. The topological polar surface area (TPSA) is 0 Å². The van der Waals surface area contributed by atoms with Crippen LogP contribution in [-0.4, -0.2) is 0 Å². The molecule has 2 aliphatic carbocycles. The van der Waals surface area contributed by atoms with Crippen LogP contribution >= 0.6 is 0 Å². The average molecular weight is 414 g/mol. The molecule has 0 aromatic heterocycles. The molecule has 2 aromatic carbocycles. The van der Waals surface area contributed by atoms with Crippen LogP contribution in [0.15, 0.2) is 36.4 Å². The van der Waals surface area contributed by atoms with Crippen LogP contribution in [0.1, 0.15) is 73.6 Å². The molecule has 2 aliphatic rings. The molecule has 4 rings (SSSR count). The molecule has 0 spiro atoms. The van der Waals surface area contributed by atoms with Crippen molar-refractivity contribution in [2.24, 2.45) is 5.92 Å². The minimum Gasteiger partial charge on any atom is -0.206 e. The van der Waals surface area contributed by atoms with Gasteiger partial charge in [-0.3, -0.25) is 0 Å². The Kier molecular flexibility index (Phi) is 6.12. The lowest BCUT2D eigenvalue weighted by molar-refractivity contribution is 0.311. The molecule has 0 nitrogen and oxygen atoms in total. The smallest absolute Gasteiger partial charge is 0.159 e. The fraction of sp³-hybridized carbons (Fsp3) is 0.385. The monoisotopic (exact) mass is 414 g/mol. The third-order valence-corrected chi connectivity index (χ3v) is 6.57. The lowest BCUT2D eigenvalue weighted by atomic mass is 9.77. The summed E-state index contributed by atoms with van der Waals surface area (Å²) in [5, 5.41) is 0. The van der Waals surface area contributed by atoms with E-state index in [4.69, 9.17) is 0 Å². The molecule has 0 radical (unpaired) electrons. The summed E-state index contributed by atoms with van der Waals surface area (Å²) in [7, 11) is 0. The van der Waals surface area contributed by atoms with Crippen LogP contribution in [0.25, 0.3) is 11.6 Å². The molecule has 0 heterocycles. The van der Waals surface area contributed by atoms with Crippen LogP contribution in [0.5, 0.6) is 0 Å². The van der Waals surface area contributed by atoms with E-state index < -0.39 is 23.3 Å². The fourth-order valence-electron chi connectivity index (χ4n) is 4.91. The fourth-order valence-corrected chi connectivity index (χ4v) is 4.91. The first-order valence-corrected chi connectivity index (χ1v) is 10.7. The van der Waals surface area contributed by atoms with Gasteiger partial charge in [-0.15, -0.1) is 0 Å². The third-order valence-electron chi connectivity index (χ3n) is 6.57. The van der Waals surface area contributed by atoms with Crippen molar-refractivity contribution in [1.82, 2.24) is 0 Å². The number of halogens is 4. The van der Waals surface area contributed by atoms with E-state index in [9.17, 15) is 17.6 Å². The van der Waals surface area contributed by atoms with Crippen molar-refractivity contribution in [2.75, 3.05) is 0 Å². The van der Waals surface area contributed by atoms with Gasteiger partial charge < -0.3 is 0 Å². The van der Waals surface area contributed by atoms with Crippen LogP contribution in [-0.2, 0) is 6.42 Å². The molecule has 0 atom stereocenters. The second kappa shape index (κ2) is 8.79. The Morgan fingerprint density at radius 2 is 1.53 bits per heavy atom. The van der Waals surface area contributed by atoms with E-state index in [1.165, 1.54) is 18.6 Å². The van der Waals surface area contributed by atoms with Crippen molar-refractivity contribution in [1.29, 1.82) is 0 Å². The van der Waals surface area contributed by atoms with Crippen LogP contribution in [0.4, 0.5) is 17.6 Å². The predicted octanol–water partition coefficient (Wildman–Crippen LogP) is 7.97. The average Bonchev–Trinajstić information content (AvgIpc) is 3.10. The lowest BCUT2D eigenvalue weighted by Crippen LogP contribution is -2.14. The number of hydrogen-bond donors (Lipinski definition) is 0. The highest BCUT2D eigenvalue weighted by Gasteiger charge is 2.26. The number of hydrogen-bond acceptors (Lipinski definition) is 0. The van der Waals surface area contributed by atoms with E-state index in [0.29, 0.717) is 28.2 Å². The number of allylic oxidation sites excluding steroid dienone is 3. The van der Waals surface area contributed by atoms with E-state index in [1.807, 2.05) is 6.92 Å². The maximum absolute atomic E-state index is 14.9. The molecule has 2 aromatic rings. The summed E-state index contributed by atoms with van der Waals surface area (Å²) in [6.07, 6.45) is 12.3. The second-order valence-corrected chi connectivity index (χ2v) is 8.54. The van der Waals surface area contributed by atoms with E-state index in [1.54, 1.807) is 6.08 Å². The third kappa shape index (κ3) is 4.23. The SMILES string of the molecule is C/C=C/CCC1CCC(c2cc(F)c(C3=Cc4cc(F)c(F)cc4C3)c(F)c2)CC1. The first kappa shape index (κ1) is 20.9. The Labute approximate surface area is 175 Å². The van der Waals surface area contributed by atoms with Gasteiger partial charge >= 0.3 is 0 Å². The minimum atomic E-state index is -0.955. The second-order valence-electron chi connectivity index (χ2n) is 8.54. The molecule has 4 heteroatoms. The van der Waals surface area contributed by atoms with Crippen LogP contribution in [0.2, 0.25) is 0 Å². The summed E-state index contributed by atoms with van der Waals surface area (Å²) in [5.74, 6) is -2.22. The summed E-state index contributed by atoms with van der Waals surface area (Å²) in [5.41, 5.74) is 2.07. The van der Waals surface area contributed by atoms with Gasteiger partial charge in [0.15, 0.2) is 11.6 Å². The Balaban J connectivity index is 1.49. The normalized spacial score (nSPS) is 21.2. The molecule has 0 amide bonds. The molecule has 1 saturated carbocycles. The molecule has 0 N–H and O–H groups in total. The van der Waals surface area contributed by atoms with Crippen molar-refractivity contribution >= 4 is 11.6 Å². The van der Waals surface area contributed by atoms with Gasteiger partial charge in [0.25, 0.3) is 0 Å². The minimum absolute atomic E-state index is 0.0872. The molecule has 0 saturated heterocycles. The van der Waals surface area contributed by atoms with Gasteiger partial charge in [0, 0.05) is 5.56 Å². The number of benzene rings is 2. The van der Waals surface area contributed by atoms with Gasteiger partial charge in [0.05, 0.1) is 0 Å². The Bertz CT molecular complexity index is 971. The molecule has 0 aliphatic heterocycles. The summed E-state index contributed by atoms with van der Waals surface area (Å²) in [4.78, 5) is 0. The van der Waals surface area contributed by atoms with E-state index >= 15 is 0 Å². The van der Waals surface area contributed by atoms with Crippen LogP contribution in [0, 0.1) is 29.2 Å². The van der Waals surface area contributed by atoms with Crippen molar-refractivity contribution in [3.63, 3.8) is 0 Å². The largest absolute Gasteiger partial charge is 0.206 e. The highest BCUT2D eigenvalue weighted by Crippen LogP contribution is 2.40. The number of fused-ring (bicyclic) bond motifs is 1. The molecule has 0 bridgehead atoms. The van der Waals surface area contributed by atoms with Crippen molar-refractivity contribution in [3.05, 3.63) is 81.9 Å². The molecular formula is C26H26F4.